The van der Waals surface area contributed by atoms with E-state index in [2.05, 4.69) is 10.4 Å². The summed E-state index contributed by atoms with van der Waals surface area (Å²) in [5.74, 6) is -0.0814. The molecule has 100 valence electrons. The van der Waals surface area contributed by atoms with Gasteiger partial charge in [0.1, 0.15) is 0 Å². The van der Waals surface area contributed by atoms with Gasteiger partial charge in [-0.2, -0.15) is 5.10 Å². The Morgan fingerprint density at radius 3 is 2.75 bits per heavy atom. The van der Waals surface area contributed by atoms with Crippen LogP contribution in [0, 0.1) is 6.92 Å². The summed E-state index contributed by atoms with van der Waals surface area (Å²) in [5.41, 5.74) is 3.67. The monoisotopic (exact) mass is 265 g/mol. The molecule has 0 unspecified atom stereocenters. The second-order valence-electron chi connectivity index (χ2n) is 4.75. The van der Waals surface area contributed by atoms with Crippen molar-refractivity contribution in [2.75, 3.05) is 0 Å². The molecule has 0 saturated carbocycles. The van der Waals surface area contributed by atoms with Gasteiger partial charge in [-0.1, -0.05) is 23.8 Å². The van der Waals surface area contributed by atoms with Gasteiger partial charge in [-0.3, -0.25) is 4.79 Å². The van der Waals surface area contributed by atoms with Gasteiger partial charge in [-0.25, -0.2) is 4.52 Å². The molecule has 0 radical (unpaired) electrons. The predicted octanol–water partition coefficient (Wildman–Crippen LogP) is 2.57. The van der Waals surface area contributed by atoms with E-state index >= 15 is 0 Å². The van der Waals surface area contributed by atoms with Gasteiger partial charge in [0.15, 0.2) is 0 Å². The number of rotatable bonds is 3. The van der Waals surface area contributed by atoms with E-state index in [-0.39, 0.29) is 5.91 Å². The van der Waals surface area contributed by atoms with E-state index < -0.39 is 0 Å². The van der Waals surface area contributed by atoms with E-state index in [4.69, 9.17) is 0 Å². The molecule has 2 aromatic heterocycles. The van der Waals surface area contributed by atoms with Crippen molar-refractivity contribution in [3.05, 3.63) is 71.5 Å². The standard InChI is InChI=1S/C16H15N3O/c1-12-5-7-13(8-6-12)16(20)17-11-14-10-15-4-2-3-9-19(15)18-14/h2-10H,11H2,1H3,(H,17,20). The van der Waals surface area contributed by atoms with E-state index in [0.29, 0.717) is 12.1 Å². The Morgan fingerprint density at radius 2 is 2.00 bits per heavy atom. The van der Waals surface area contributed by atoms with E-state index in [0.717, 1.165) is 16.8 Å². The number of aromatic nitrogens is 2. The summed E-state index contributed by atoms with van der Waals surface area (Å²) in [7, 11) is 0. The number of nitrogens with one attached hydrogen (secondary N) is 1. The van der Waals surface area contributed by atoms with Crippen molar-refractivity contribution in [1.29, 1.82) is 0 Å². The molecule has 0 atom stereocenters. The van der Waals surface area contributed by atoms with Gasteiger partial charge in [-0.05, 0) is 37.3 Å². The number of hydrogen-bond donors (Lipinski definition) is 1. The smallest absolute Gasteiger partial charge is 0.251 e. The maximum atomic E-state index is 12.0. The van der Waals surface area contributed by atoms with E-state index in [1.807, 2.05) is 61.7 Å². The third-order valence-corrected chi connectivity index (χ3v) is 3.16. The third-order valence-electron chi connectivity index (χ3n) is 3.16. The lowest BCUT2D eigenvalue weighted by Gasteiger charge is -2.03. The first-order valence-electron chi connectivity index (χ1n) is 6.50. The molecule has 1 aromatic carbocycles. The summed E-state index contributed by atoms with van der Waals surface area (Å²) in [6.45, 7) is 2.42. The quantitative estimate of drug-likeness (QED) is 0.791. The van der Waals surface area contributed by atoms with E-state index in [1.165, 1.54) is 0 Å². The Labute approximate surface area is 117 Å². The maximum absolute atomic E-state index is 12.0. The highest BCUT2D eigenvalue weighted by Crippen LogP contribution is 2.07. The summed E-state index contributed by atoms with van der Waals surface area (Å²) in [5, 5.41) is 7.28. The first-order valence-corrected chi connectivity index (χ1v) is 6.50. The Balaban J connectivity index is 1.69. The van der Waals surface area contributed by atoms with Crippen LogP contribution in [0.25, 0.3) is 5.52 Å². The zero-order valence-electron chi connectivity index (χ0n) is 11.2. The molecule has 0 bridgehead atoms. The van der Waals surface area contributed by atoms with Crippen molar-refractivity contribution >= 4 is 11.4 Å². The molecule has 0 aliphatic rings. The average molecular weight is 265 g/mol. The molecule has 0 aliphatic carbocycles. The normalized spacial score (nSPS) is 10.7. The lowest BCUT2D eigenvalue weighted by molar-refractivity contribution is 0.0950. The maximum Gasteiger partial charge on any atom is 0.251 e. The van der Waals surface area contributed by atoms with Gasteiger partial charge in [0.2, 0.25) is 0 Å². The summed E-state index contributed by atoms with van der Waals surface area (Å²) < 4.78 is 1.80. The molecule has 1 N–H and O–H groups in total. The van der Waals surface area contributed by atoms with Crippen LogP contribution in [0.5, 0.6) is 0 Å². The molecule has 0 fully saturated rings. The highest BCUT2D eigenvalue weighted by molar-refractivity contribution is 5.94. The van der Waals surface area contributed by atoms with Gasteiger partial charge in [0, 0.05) is 11.8 Å². The summed E-state index contributed by atoms with van der Waals surface area (Å²) in [4.78, 5) is 12.0. The van der Waals surface area contributed by atoms with Gasteiger partial charge in [0.25, 0.3) is 5.91 Å². The number of hydrogen-bond acceptors (Lipinski definition) is 2. The van der Waals surface area contributed by atoms with E-state index in [1.54, 1.807) is 4.52 Å². The summed E-state index contributed by atoms with van der Waals surface area (Å²) >= 11 is 0. The predicted molar refractivity (Wildman–Crippen MR) is 77.5 cm³/mol. The second kappa shape index (κ2) is 5.17. The summed E-state index contributed by atoms with van der Waals surface area (Å²) in [6.07, 6.45) is 1.89. The minimum Gasteiger partial charge on any atom is -0.346 e. The molecule has 3 aromatic rings. The SMILES string of the molecule is Cc1ccc(C(=O)NCc2cc3ccccn3n2)cc1. The highest BCUT2D eigenvalue weighted by Gasteiger charge is 2.06. The molecule has 4 heteroatoms. The zero-order chi connectivity index (χ0) is 13.9. The van der Waals surface area contributed by atoms with Crippen molar-refractivity contribution in [3.8, 4) is 0 Å². The third kappa shape index (κ3) is 2.54. The van der Waals surface area contributed by atoms with Gasteiger partial charge >= 0.3 is 0 Å². The van der Waals surface area contributed by atoms with Crippen LogP contribution in [0.15, 0.2) is 54.7 Å². The van der Waals surface area contributed by atoms with E-state index in [9.17, 15) is 4.79 Å². The van der Waals surface area contributed by atoms with Crippen molar-refractivity contribution in [2.45, 2.75) is 13.5 Å². The molecule has 20 heavy (non-hydrogen) atoms. The number of carbonyl (C=O) groups excluding carboxylic acids is 1. The molecule has 3 rings (SSSR count). The fourth-order valence-corrected chi connectivity index (χ4v) is 2.06. The second-order valence-corrected chi connectivity index (χ2v) is 4.75. The fraction of sp³-hybridized carbons (Fsp3) is 0.125. The van der Waals surface area contributed by atoms with Crippen molar-refractivity contribution in [1.82, 2.24) is 14.9 Å². The molecule has 4 nitrogen and oxygen atoms in total. The Bertz CT molecular complexity index is 711. The molecule has 1 amide bonds. The number of aryl methyl sites for hydroxylation is 1. The lowest BCUT2D eigenvalue weighted by atomic mass is 10.1. The highest BCUT2D eigenvalue weighted by atomic mass is 16.1. The number of carbonyl (C=O) groups is 1. The van der Waals surface area contributed by atoms with Crippen LogP contribution < -0.4 is 5.32 Å². The number of pyridine rings is 1. The molecule has 2 heterocycles. The van der Waals surface area contributed by atoms with Crippen LogP contribution >= 0.6 is 0 Å². The zero-order valence-corrected chi connectivity index (χ0v) is 11.2. The number of benzene rings is 1. The molecule has 0 aliphatic heterocycles. The number of nitrogens with zero attached hydrogens (tertiary/aromatic N) is 2. The minimum atomic E-state index is -0.0814. The first kappa shape index (κ1) is 12.4. The van der Waals surface area contributed by atoms with Crippen LogP contribution in [0.1, 0.15) is 21.6 Å². The minimum absolute atomic E-state index is 0.0814. The van der Waals surface area contributed by atoms with Crippen LogP contribution in [0.2, 0.25) is 0 Å². The van der Waals surface area contributed by atoms with Crippen molar-refractivity contribution < 1.29 is 4.79 Å². The Morgan fingerprint density at radius 1 is 1.20 bits per heavy atom. The topological polar surface area (TPSA) is 46.4 Å². The number of fused-ring (bicyclic) bond motifs is 1. The van der Waals surface area contributed by atoms with Gasteiger partial charge < -0.3 is 5.32 Å². The Hall–Kier alpha value is -2.62. The van der Waals surface area contributed by atoms with Crippen molar-refractivity contribution in [3.63, 3.8) is 0 Å². The molecular weight excluding hydrogens is 250 g/mol. The van der Waals surface area contributed by atoms with Crippen molar-refractivity contribution in [2.24, 2.45) is 0 Å². The number of amides is 1. The van der Waals surface area contributed by atoms with Crippen LogP contribution in [-0.2, 0) is 6.54 Å². The largest absolute Gasteiger partial charge is 0.346 e. The van der Waals surface area contributed by atoms with Gasteiger partial charge in [0.05, 0.1) is 17.8 Å². The molecular formula is C16H15N3O. The lowest BCUT2D eigenvalue weighted by Crippen LogP contribution is -2.22. The molecule has 0 spiro atoms. The average Bonchev–Trinajstić information content (AvgIpc) is 2.88. The Kier molecular flexibility index (Phi) is 3.21. The summed E-state index contributed by atoms with van der Waals surface area (Å²) in [6, 6.07) is 15.4. The van der Waals surface area contributed by atoms with Gasteiger partial charge in [-0.15, -0.1) is 0 Å². The van der Waals surface area contributed by atoms with Crippen LogP contribution in [0.4, 0.5) is 0 Å². The molecule has 0 saturated heterocycles. The van der Waals surface area contributed by atoms with Crippen LogP contribution in [-0.4, -0.2) is 15.5 Å². The first-order chi connectivity index (χ1) is 9.72. The van der Waals surface area contributed by atoms with Crippen LogP contribution in [0.3, 0.4) is 0 Å². The fourth-order valence-electron chi connectivity index (χ4n) is 2.06.